The van der Waals surface area contributed by atoms with E-state index in [0.29, 0.717) is 36.9 Å². The summed E-state index contributed by atoms with van der Waals surface area (Å²) in [6, 6.07) is 5.16. The minimum Gasteiger partial charge on any atom is -0.342 e. The van der Waals surface area contributed by atoms with Crippen molar-refractivity contribution < 1.29 is 18.0 Å². The van der Waals surface area contributed by atoms with Crippen molar-refractivity contribution in [3.05, 3.63) is 56.8 Å². The van der Waals surface area contributed by atoms with E-state index in [2.05, 4.69) is 43.1 Å². The zero-order valence-electron chi connectivity index (χ0n) is 24.1. The first-order chi connectivity index (χ1) is 18.9. The van der Waals surface area contributed by atoms with Crippen molar-refractivity contribution in [3.8, 4) is 6.07 Å². The van der Waals surface area contributed by atoms with Crippen molar-refractivity contribution in [2.45, 2.75) is 85.4 Å². The molecule has 3 rings (SSSR count). The predicted octanol–water partition coefficient (Wildman–Crippen LogP) is 5.33. The molecule has 0 spiro atoms. The third-order valence-electron chi connectivity index (χ3n) is 6.87. The van der Waals surface area contributed by atoms with Gasteiger partial charge in [0.2, 0.25) is 5.91 Å². The molecule has 0 saturated carbocycles. The van der Waals surface area contributed by atoms with Gasteiger partial charge in [-0.05, 0) is 55.7 Å². The van der Waals surface area contributed by atoms with Crippen LogP contribution in [0.2, 0.25) is 0 Å². The fourth-order valence-corrected chi connectivity index (χ4v) is 4.87. The van der Waals surface area contributed by atoms with Gasteiger partial charge in [-0.15, -0.1) is 0 Å². The monoisotopic (exact) mass is 562 g/mol. The summed E-state index contributed by atoms with van der Waals surface area (Å²) in [6.07, 6.45) is 0.879. The van der Waals surface area contributed by atoms with Gasteiger partial charge in [0.25, 0.3) is 5.56 Å². The van der Waals surface area contributed by atoms with Gasteiger partial charge in [0, 0.05) is 37.9 Å². The van der Waals surface area contributed by atoms with Gasteiger partial charge in [0.1, 0.15) is 11.6 Å². The Labute approximate surface area is 234 Å². The number of aryl methyl sites for hydroxylation is 1. The highest BCUT2D eigenvalue weighted by Gasteiger charge is 2.41. The Bertz CT molecular complexity index is 1190. The highest BCUT2D eigenvalue weighted by atomic mass is 19.4. The number of aromatic nitrogens is 3. The summed E-state index contributed by atoms with van der Waals surface area (Å²) >= 11 is 0. The summed E-state index contributed by atoms with van der Waals surface area (Å²) in [7, 11) is 0. The van der Waals surface area contributed by atoms with Gasteiger partial charge in [-0.2, -0.15) is 23.5 Å². The molecular formula is C29H41F3N6O2. The summed E-state index contributed by atoms with van der Waals surface area (Å²) in [5, 5.41) is 17.3. The molecule has 2 aromatic heterocycles. The van der Waals surface area contributed by atoms with Crippen molar-refractivity contribution in [2.24, 2.45) is 11.8 Å². The van der Waals surface area contributed by atoms with Crippen molar-refractivity contribution in [3.63, 3.8) is 0 Å². The molecule has 2 atom stereocenters. The SMILES string of the molecule is CCCC(CC)CN(CC(C)C)C(=O)CCNC1CCc2c1n[nH]c(=O)c2C(F)(F)F.Cc1ccc(C#N)cn1. The van der Waals surface area contributed by atoms with E-state index in [1.54, 1.807) is 12.3 Å². The molecule has 2 aromatic rings. The topological polar surface area (TPSA) is 115 Å². The summed E-state index contributed by atoms with van der Waals surface area (Å²) in [6.45, 7) is 12.1. The van der Waals surface area contributed by atoms with Crippen LogP contribution in [0.3, 0.4) is 0 Å². The van der Waals surface area contributed by atoms with Crippen molar-refractivity contribution >= 4 is 5.91 Å². The van der Waals surface area contributed by atoms with Crippen LogP contribution in [0.15, 0.2) is 23.1 Å². The number of hydrogen-bond acceptors (Lipinski definition) is 6. The molecule has 1 amide bonds. The van der Waals surface area contributed by atoms with E-state index >= 15 is 0 Å². The number of H-pyrrole nitrogens is 1. The first-order valence-electron chi connectivity index (χ1n) is 13.9. The number of alkyl halides is 3. The van der Waals surface area contributed by atoms with E-state index < -0.39 is 23.3 Å². The highest BCUT2D eigenvalue weighted by molar-refractivity contribution is 5.76. The number of amides is 1. The van der Waals surface area contributed by atoms with E-state index in [0.717, 1.165) is 31.5 Å². The third kappa shape index (κ3) is 9.73. The maximum Gasteiger partial charge on any atom is 0.422 e. The van der Waals surface area contributed by atoms with E-state index in [-0.39, 0.29) is 30.0 Å². The Morgan fingerprint density at radius 1 is 1.27 bits per heavy atom. The van der Waals surface area contributed by atoms with Crippen LogP contribution in [-0.2, 0) is 17.4 Å². The van der Waals surface area contributed by atoms with Crippen molar-refractivity contribution in [1.82, 2.24) is 25.4 Å². The average Bonchev–Trinajstić information content (AvgIpc) is 3.30. The van der Waals surface area contributed by atoms with Crippen LogP contribution in [-0.4, -0.2) is 45.6 Å². The molecule has 0 aliphatic heterocycles. The molecule has 2 N–H and O–H groups in total. The lowest BCUT2D eigenvalue weighted by atomic mass is 9.99. The number of halogens is 3. The second kappa shape index (κ2) is 15.5. The number of fused-ring (bicyclic) bond motifs is 1. The van der Waals surface area contributed by atoms with Crippen molar-refractivity contribution in [2.75, 3.05) is 19.6 Å². The van der Waals surface area contributed by atoms with E-state index in [1.807, 2.05) is 29.1 Å². The number of hydrogen-bond donors (Lipinski definition) is 2. The molecule has 0 bridgehead atoms. The number of aromatic amines is 1. The van der Waals surface area contributed by atoms with Gasteiger partial charge in [0.15, 0.2) is 0 Å². The summed E-state index contributed by atoms with van der Waals surface area (Å²) in [5.41, 5.74) is -0.611. The molecular weight excluding hydrogens is 521 g/mol. The third-order valence-corrected chi connectivity index (χ3v) is 6.87. The molecule has 2 heterocycles. The number of nitriles is 1. The molecule has 0 fully saturated rings. The normalized spacial score (nSPS) is 15.2. The van der Waals surface area contributed by atoms with Crippen LogP contribution in [0.5, 0.6) is 0 Å². The Kier molecular flexibility index (Phi) is 12.8. The van der Waals surface area contributed by atoms with Crippen LogP contribution >= 0.6 is 0 Å². The molecule has 0 aromatic carbocycles. The summed E-state index contributed by atoms with van der Waals surface area (Å²) in [4.78, 5) is 30.4. The van der Waals surface area contributed by atoms with Crippen molar-refractivity contribution in [1.29, 1.82) is 5.26 Å². The smallest absolute Gasteiger partial charge is 0.342 e. The van der Waals surface area contributed by atoms with E-state index in [4.69, 9.17) is 5.26 Å². The minimum atomic E-state index is -4.71. The van der Waals surface area contributed by atoms with Crippen LogP contribution in [0.4, 0.5) is 13.2 Å². The van der Waals surface area contributed by atoms with Crippen LogP contribution in [0, 0.1) is 30.1 Å². The van der Waals surface area contributed by atoms with Gasteiger partial charge in [-0.3, -0.25) is 14.6 Å². The lowest BCUT2D eigenvalue weighted by molar-refractivity contribution is -0.139. The molecule has 0 radical (unpaired) electrons. The Hall–Kier alpha value is -3.26. The maximum absolute atomic E-state index is 13.3. The van der Waals surface area contributed by atoms with E-state index in [9.17, 15) is 22.8 Å². The van der Waals surface area contributed by atoms with Crippen LogP contribution < -0.4 is 10.9 Å². The Balaban J connectivity index is 0.000000526. The van der Waals surface area contributed by atoms with E-state index in [1.165, 1.54) is 0 Å². The van der Waals surface area contributed by atoms with Crippen LogP contribution in [0.25, 0.3) is 0 Å². The molecule has 1 aliphatic carbocycles. The zero-order chi connectivity index (χ0) is 29.9. The highest BCUT2D eigenvalue weighted by Crippen LogP contribution is 2.37. The minimum absolute atomic E-state index is 0.0353. The average molecular weight is 563 g/mol. The van der Waals surface area contributed by atoms with Gasteiger partial charge in [-0.25, -0.2) is 5.10 Å². The molecule has 40 heavy (non-hydrogen) atoms. The Morgan fingerprint density at radius 2 is 2.00 bits per heavy atom. The second-order valence-electron chi connectivity index (χ2n) is 10.6. The van der Waals surface area contributed by atoms with Gasteiger partial charge >= 0.3 is 6.18 Å². The first-order valence-corrected chi connectivity index (χ1v) is 13.9. The lowest BCUT2D eigenvalue weighted by Crippen LogP contribution is -2.39. The fourth-order valence-electron chi connectivity index (χ4n) is 4.87. The number of pyridine rings is 1. The number of carbonyl (C=O) groups excluding carboxylic acids is 1. The van der Waals surface area contributed by atoms with Gasteiger partial charge in [-0.1, -0.05) is 40.5 Å². The molecule has 220 valence electrons. The fraction of sp³-hybridized carbons (Fsp3) is 0.621. The second-order valence-corrected chi connectivity index (χ2v) is 10.6. The molecule has 11 heteroatoms. The van der Waals surface area contributed by atoms with Gasteiger partial charge < -0.3 is 10.2 Å². The summed E-state index contributed by atoms with van der Waals surface area (Å²) in [5.74, 6) is 0.892. The lowest BCUT2D eigenvalue weighted by Gasteiger charge is -2.29. The van der Waals surface area contributed by atoms with Crippen LogP contribution in [0.1, 0.15) is 93.9 Å². The number of rotatable bonds is 11. The maximum atomic E-state index is 13.3. The summed E-state index contributed by atoms with van der Waals surface area (Å²) < 4.78 is 39.8. The number of nitrogens with one attached hydrogen (secondary N) is 2. The quantitative estimate of drug-likeness (QED) is 0.383. The standard InChI is InChI=1S/C22H35F3N4O2.C7H6N2/c1-5-7-15(6-2)13-29(12-14(3)4)18(30)10-11-26-17-9-8-16-19(22(23,24)25)21(31)28-27-20(16)17;1-6-2-3-7(4-8)5-9-6/h14-15,17,26H,5-13H2,1-4H3,(H,28,31);2-3,5H,1H3. The Morgan fingerprint density at radius 3 is 2.55 bits per heavy atom. The molecule has 0 saturated heterocycles. The predicted molar refractivity (Wildman–Crippen MR) is 147 cm³/mol. The number of nitrogens with zero attached hydrogens (tertiary/aromatic N) is 4. The largest absolute Gasteiger partial charge is 0.422 e. The molecule has 1 aliphatic rings. The van der Waals surface area contributed by atoms with Gasteiger partial charge in [0.05, 0.1) is 17.3 Å². The number of carbonyl (C=O) groups is 1. The molecule has 8 nitrogen and oxygen atoms in total. The zero-order valence-corrected chi connectivity index (χ0v) is 24.1. The first kappa shape index (κ1) is 32.9. The molecule has 2 unspecified atom stereocenters.